The van der Waals surface area contributed by atoms with Crippen molar-refractivity contribution < 1.29 is 31.8 Å². The SMILES string of the molecule is CCOc1ccc(OCC2CCCC2)c(OC(F)(F)F)c1F. The Labute approximate surface area is 126 Å². The topological polar surface area (TPSA) is 27.7 Å². The standard InChI is InChI=1S/C15H18F4O3/c1-2-20-11-7-8-12(21-9-10-5-3-4-6-10)14(13(11)16)22-15(17,18)19/h7-8,10H,2-6,9H2,1H3. The molecule has 2 rings (SSSR count). The van der Waals surface area contributed by atoms with E-state index in [2.05, 4.69) is 4.74 Å². The van der Waals surface area contributed by atoms with Gasteiger partial charge in [0.05, 0.1) is 13.2 Å². The highest BCUT2D eigenvalue weighted by molar-refractivity contribution is 5.47. The summed E-state index contributed by atoms with van der Waals surface area (Å²) in [6, 6.07) is 2.48. The van der Waals surface area contributed by atoms with Crippen molar-refractivity contribution in [2.45, 2.75) is 39.0 Å². The van der Waals surface area contributed by atoms with E-state index in [1.165, 1.54) is 12.1 Å². The molecule has 0 heterocycles. The van der Waals surface area contributed by atoms with Gasteiger partial charge in [-0.15, -0.1) is 13.2 Å². The van der Waals surface area contributed by atoms with E-state index >= 15 is 0 Å². The van der Waals surface area contributed by atoms with Crippen molar-refractivity contribution in [2.24, 2.45) is 5.92 Å². The molecule has 1 aromatic carbocycles. The van der Waals surface area contributed by atoms with E-state index in [0.29, 0.717) is 0 Å². The van der Waals surface area contributed by atoms with E-state index in [4.69, 9.17) is 9.47 Å². The molecule has 1 aromatic rings. The number of rotatable bonds is 6. The fourth-order valence-corrected chi connectivity index (χ4v) is 2.50. The lowest BCUT2D eigenvalue weighted by atomic mass is 10.1. The van der Waals surface area contributed by atoms with Crippen LogP contribution in [0.3, 0.4) is 0 Å². The zero-order valence-electron chi connectivity index (χ0n) is 12.2. The van der Waals surface area contributed by atoms with E-state index in [1.807, 2.05) is 0 Å². The van der Waals surface area contributed by atoms with E-state index < -0.39 is 17.9 Å². The van der Waals surface area contributed by atoms with Crippen molar-refractivity contribution >= 4 is 0 Å². The van der Waals surface area contributed by atoms with Gasteiger partial charge in [-0.1, -0.05) is 12.8 Å². The number of hydrogen-bond acceptors (Lipinski definition) is 3. The number of benzene rings is 1. The Hall–Kier alpha value is -1.66. The van der Waals surface area contributed by atoms with E-state index in [1.54, 1.807) is 6.92 Å². The van der Waals surface area contributed by atoms with Crippen molar-refractivity contribution in [1.29, 1.82) is 0 Å². The van der Waals surface area contributed by atoms with Crippen LogP contribution in [-0.4, -0.2) is 19.6 Å². The Morgan fingerprint density at radius 2 is 1.73 bits per heavy atom. The summed E-state index contributed by atoms with van der Waals surface area (Å²) in [5.74, 6) is -2.45. The minimum absolute atomic E-state index is 0.130. The van der Waals surface area contributed by atoms with Crippen LogP contribution in [0.5, 0.6) is 17.2 Å². The fourth-order valence-electron chi connectivity index (χ4n) is 2.50. The van der Waals surface area contributed by atoms with Crippen LogP contribution in [0.1, 0.15) is 32.6 Å². The van der Waals surface area contributed by atoms with E-state index in [0.717, 1.165) is 25.7 Å². The second-order valence-electron chi connectivity index (χ2n) is 5.15. The Morgan fingerprint density at radius 1 is 1.09 bits per heavy atom. The number of hydrogen-bond donors (Lipinski definition) is 0. The average Bonchev–Trinajstić information content (AvgIpc) is 2.94. The van der Waals surface area contributed by atoms with Crippen molar-refractivity contribution in [3.05, 3.63) is 17.9 Å². The van der Waals surface area contributed by atoms with Crippen molar-refractivity contribution in [3.8, 4) is 17.2 Å². The number of halogens is 4. The summed E-state index contributed by atoms with van der Waals surface area (Å²) in [5.41, 5.74) is 0. The molecule has 22 heavy (non-hydrogen) atoms. The van der Waals surface area contributed by atoms with Gasteiger partial charge in [-0.05, 0) is 37.8 Å². The van der Waals surface area contributed by atoms with Crippen LogP contribution < -0.4 is 14.2 Å². The highest BCUT2D eigenvalue weighted by Crippen LogP contribution is 2.40. The molecule has 1 fully saturated rings. The molecule has 0 N–H and O–H groups in total. The molecule has 1 saturated carbocycles. The van der Waals surface area contributed by atoms with Gasteiger partial charge in [0.15, 0.2) is 11.5 Å². The summed E-state index contributed by atoms with van der Waals surface area (Å²) in [6.45, 7) is 1.99. The molecular weight excluding hydrogens is 304 g/mol. The van der Waals surface area contributed by atoms with E-state index in [-0.39, 0.29) is 30.6 Å². The lowest BCUT2D eigenvalue weighted by molar-refractivity contribution is -0.276. The van der Waals surface area contributed by atoms with Crippen molar-refractivity contribution in [1.82, 2.24) is 0 Å². The Morgan fingerprint density at radius 3 is 2.32 bits per heavy atom. The van der Waals surface area contributed by atoms with Crippen LogP contribution in [-0.2, 0) is 0 Å². The van der Waals surface area contributed by atoms with Gasteiger partial charge < -0.3 is 14.2 Å². The van der Waals surface area contributed by atoms with Crippen LogP contribution in [0.25, 0.3) is 0 Å². The van der Waals surface area contributed by atoms with Crippen LogP contribution in [0.4, 0.5) is 17.6 Å². The van der Waals surface area contributed by atoms with Gasteiger partial charge in [0.1, 0.15) is 0 Å². The molecule has 0 aromatic heterocycles. The summed E-state index contributed by atoms with van der Waals surface area (Å²) in [4.78, 5) is 0. The maximum atomic E-state index is 14.1. The first kappa shape index (κ1) is 16.7. The predicted molar refractivity (Wildman–Crippen MR) is 71.7 cm³/mol. The molecule has 0 amide bonds. The minimum Gasteiger partial charge on any atom is -0.491 e. The smallest absolute Gasteiger partial charge is 0.491 e. The van der Waals surface area contributed by atoms with Gasteiger partial charge in [0, 0.05) is 0 Å². The first-order valence-electron chi connectivity index (χ1n) is 7.24. The van der Waals surface area contributed by atoms with Crippen molar-refractivity contribution in [2.75, 3.05) is 13.2 Å². The van der Waals surface area contributed by atoms with Crippen LogP contribution in [0, 0.1) is 11.7 Å². The van der Waals surface area contributed by atoms with Gasteiger partial charge in [-0.2, -0.15) is 4.39 Å². The lowest BCUT2D eigenvalue weighted by Gasteiger charge is -2.18. The molecule has 124 valence electrons. The molecule has 0 bridgehead atoms. The quantitative estimate of drug-likeness (QED) is 0.711. The molecule has 0 atom stereocenters. The average molecular weight is 322 g/mol. The van der Waals surface area contributed by atoms with Crippen LogP contribution >= 0.6 is 0 Å². The zero-order chi connectivity index (χ0) is 16.2. The number of ether oxygens (including phenoxy) is 3. The fraction of sp³-hybridized carbons (Fsp3) is 0.600. The van der Waals surface area contributed by atoms with Gasteiger partial charge in [-0.25, -0.2) is 0 Å². The first-order valence-corrected chi connectivity index (χ1v) is 7.24. The maximum Gasteiger partial charge on any atom is 0.573 e. The second kappa shape index (κ2) is 7.07. The first-order chi connectivity index (χ1) is 10.4. The molecule has 0 unspecified atom stereocenters. The third-order valence-corrected chi connectivity index (χ3v) is 3.49. The Balaban J connectivity index is 2.20. The molecule has 0 aliphatic heterocycles. The Bertz CT molecular complexity index is 496. The summed E-state index contributed by atoms with van der Waals surface area (Å²) in [5, 5.41) is 0. The maximum absolute atomic E-state index is 14.1. The largest absolute Gasteiger partial charge is 0.573 e. The van der Waals surface area contributed by atoms with E-state index in [9.17, 15) is 17.6 Å². The summed E-state index contributed by atoms with van der Waals surface area (Å²) in [7, 11) is 0. The highest BCUT2D eigenvalue weighted by atomic mass is 19.4. The summed E-state index contributed by atoms with van der Waals surface area (Å²) >= 11 is 0. The highest BCUT2D eigenvalue weighted by Gasteiger charge is 2.35. The predicted octanol–water partition coefficient (Wildman–Crippen LogP) is 4.69. The third-order valence-electron chi connectivity index (χ3n) is 3.49. The lowest BCUT2D eigenvalue weighted by Crippen LogP contribution is -2.19. The summed E-state index contributed by atoms with van der Waals surface area (Å²) in [6.07, 6.45) is -0.907. The van der Waals surface area contributed by atoms with Gasteiger partial charge in [0.2, 0.25) is 11.6 Å². The minimum atomic E-state index is -5.00. The Kier molecular flexibility index (Phi) is 5.37. The molecule has 1 aliphatic carbocycles. The zero-order valence-corrected chi connectivity index (χ0v) is 12.2. The van der Waals surface area contributed by atoms with Gasteiger partial charge in [0.25, 0.3) is 0 Å². The molecule has 0 spiro atoms. The monoisotopic (exact) mass is 322 g/mol. The number of alkyl halides is 3. The van der Waals surface area contributed by atoms with Gasteiger partial charge >= 0.3 is 6.36 Å². The molecule has 3 nitrogen and oxygen atoms in total. The molecular formula is C15H18F4O3. The molecule has 0 radical (unpaired) electrons. The van der Waals surface area contributed by atoms with Gasteiger partial charge in [-0.3, -0.25) is 0 Å². The molecule has 0 saturated heterocycles. The summed E-state index contributed by atoms with van der Waals surface area (Å²) < 4.78 is 65.6. The van der Waals surface area contributed by atoms with Crippen molar-refractivity contribution in [3.63, 3.8) is 0 Å². The molecule has 7 heteroatoms. The second-order valence-corrected chi connectivity index (χ2v) is 5.15. The van der Waals surface area contributed by atoms with Crippen LogP contribution in [0.2, 0.25) is 0 Å². The molecule has 1 aliphatic rings. The normalized spacial score (nSPS) is 15.9. The van der Waals surface area contributed by atoms with Crippen LogP contribution in [0.15, 0.2) is 12.1 Å². The third kappa shape index (κ3) is 4.42.